The summed E-state index contributed by atoms with van der Waals surface area (Å²) in [5.74, 6) is 3.14. The average molecular weight is 709 g/mol. The second-order valence-electron chi connectivity index (χ2n) is 14.1. The Morgan fingerprint density at radius 2 is 1.24 bits per heavy atom. The van der Waals surface area contributed by atoms with E-state index in [0.717, 1.165) is 75.6 Å². The fourth-order valence-corrected chi connectivity index (χ4v) is 7.42. The number of fused-ring (bicyclic) bond motifs is 1. The van der Waals surface area contributed by atoms with E-state index >= 15 is 0 Å². The topological polar surface area (TPSA) is 86.3 Å². The Morgan fingerprint density at radius 1 is 0.648 bits per heavy atom. The minimum absolute atomic E-state index is 0.526. The number of hydrogen-bond acceptors (Lipinski definition) is 6. The molecule has 1 N–H and O–H groups in total. The summed E-state index contributed by atoms with van der Waals surface area (Å²) < 4.78 is 4.27. The van der Waals surface area contributed by atoms with E-state index in [-0.39, 0.29) is 0 Å². The molecule has 5 aromatic carbocycles. The Labute approximate surface area is 316 Å². The van der Waals surface area contributed by atoms with Gasteiger partial charge in [0, 0.05) is 18.5 Å². The van der Waals surface area contributed by atoms with Gasteiger partial charge in [-0.15, -0.1) is 5.10 Å². The maximum absolute atomic E-state index is 5.01. The third kappa shape index (κ3) is 6.56. The molecule has 0 spiro atoms. The van der Waals surface area contributed by atoms with Gasteiger partial charge in [-0.1, -0.05) is 160 Å². The number of aryl methyl sites for hydroxylation is 1. The van der Waals surface area contributed by atoms with Gasteiger partial charge in [0.1, 0.15) is 22.7 Å². The van der Waals surface area contributed by atoms with Crippen molar-refractivity contribution in [3.63, 3.8) is 0 Å². The van der Waals surface area contributed by atoms with Crippen molar-refractivity contribution in [2.75, 3.05) is 11.9 Å². The largest absolute Gasteiger partial charge is 0.370 e. The normalized spacial score (nSPS) is 11.7. The molecule has 0 saturated carbocycles. The van der Waals surface area contributed by atoms with Crippen LogP contribution in [0.15, 0.2) is 152 Å². The van der Waals surface area contributed by atoms with E-state index in [1.165, 1.54) is 5.56 Å². The minimum Gasteiger partial charge on any atom is -0.370 e. The van der Waals surface area contributed by atoms with Crippen LogP contribution in [0.3, 0.4) is 0 Å². The lowest BCUT2D eigenvalue weighted by Crippen LogP contribution is -2.39. The lowest BCUT2D eigenvalue weighted by molar-refractivity contribution is 0.451. The highest BCUT2D eigenvalue weighted by Crippen LogP contribution is 2.43. The Morgan fingerprint density at radius 3 is 1.83 bits per heavy atom. The van der Waals surface area contributed by atoms with Gasteiger partial charge in [0.2, 0.25) is 0 Å². The number of tetrazole rings is 1. The summed E-state index contributed by atoms with van der Waals surface area (Å²) in [5, 5.41) is 17.4. The molecule has 0 radical (unpaired) electrons. The molecule has 8 aromatic rings. The van der Waals surface area contributed by atoms with Gasteiger partial charge in [-0.25, -0.2) is 14.6 Å². The zero-order chi connectivity index (χ0) is 36.9. The van der Waals surface area contributed by atoms with Gasteiger partial charge in [-0.05, 0) is 68.3 Å². The predicted octanol–water partition coefficient (Wildman–Crippen LogP) is 9.66. The van der Waals surface area contributed by atoms with E-state index < -0.39 is 5.54 Å². The van der Waals surface area contributed by atoms with Gasteiger partial charge in [0.25, 0.3) is 0 Å². The van der Waals surface area contributed by atoms with E-state index in [0.29, 0.717) is 18.3 Å². The lowest BCUT2D eigenvalue weighted by atomic mass is 9.77. The second kappa shape index (κ2) is 15.3. The van der Waals surface area contributed by atoms with E-state index in [1.54, 1.807) is 0 Å². The molecular weight excluding hydrogens is 665 g/mol. The smallest absolute Gasteiger partial charge is 0.184 e. The second-order valence-corrected chi connectivity index (χ2v) is 14.1. The van der Waals surface area contributed by atoms with Gasteiger partial charge in [-0.2, -0.15) is 0 Å². The van der Waals surface area contributed by atoms with Crippen LogP contribution >= 0.6 is 0 Å². The molecule has 0 unspecified atom stereocenters. The molecule has 268 valence electrons. The zero-order valence-corrected chi connectivity index (χ0v) is 31.0. The number of imidazole rings is 1. The van der Waals surface area contributed by atoms with Crippen LogP contribution in [0.5, 0.6) is 0 Å². The fourth-order valence-electron chi connectivity index (χ4n) is 7.42. The maximum atomic E-state index is 5.01. The summed E-state index contributed by atoms with van der Waals surface area (Å²) in [7, 11) is 0. The Kier molecular flexibility index (Phi) is 9.81. The van der Waals surface area contributed by atoms with Crippen molar-refractivity contribution >= 4 is 17.0 Å². The first-order chi connectivity index (χ1) is 26.6. The average Bonchev–Trinajstić information content (AvgIpc) is 3.84. The van der Waals surface area contributed by atoms with Crippen LogP contribution in [0, 0.1) is 5.92 Å². The number of pyridine rings is 1. The molecule has 0 amide bonds. The molecule has 0 fully saturated rings. The fraction of sp³-hybridized carbons (Fsp3) is 0.196. The maximum Gasteiger partial charge on any atom is 0.184 e. The molecule has 0 bridgehead atoms. The van der Waals surface area contributed by atoms with E-state index in [9.17, 15) is 0 Å². The van der Waals surface area contributed by atoms with Gasteiger partial charge < -0.3 is 9.88 Å². The molecule has 0 aliphatic rings. The first-order valence-electron chi connectivity index (χ1n) is 18.8. The third-order valence-electron chi connectivity index (χ3n) is 9.97. The monoisotopic (exact) mass is 708 g/mol. The van der Waals surface area contributed by atoms with Crippen LogP contribution in [-0.4, -0.2) is 41.3 Å². The van der Waals surface area contributed by atoms with Crippen LogP contribution < -0.4 is 5.32 Å². The van der Waals surface area contributed by atoms with Crippen molar-refractivity contribution in [3.8, 4) is 22.5 Å². The Bertz CT molecular complexity index is 2350. The van der Waals surface area contributed by atoms with Gasteiger partial charge >= 0.3 is 0 Å². The van der Waals surface area contributed by atoms with Crippen molar-refractivity contribution in [3.05, 3.63) is 180 Å². The Hall–Kier alpha value is -6.41. The summed E-state index contributed by atoms with van der Waals surface area (Å²) in [4.78, 5) is 10.00. The first-order valence-corrected chi connectivity index (χ1v) is 18.8. The van der Waals surface area contributed by atoms with Crippen LogP contribution in [-0.2, 0) is 18.5 Å². The summed E-state index contributed by atoms with van der Waals surface area (Å²) >= 11 is 0. The summed E-state index contributed by atoms with van der Waals surface area (Å²) in [6.45, 7) is 8.15. The highest BCUT2D eigenvalue weighted by molar-refractivity contribution is 5.81. The van der Waals surface area contributed by atoms with Crippen molar-refractivity contribution in [2.24, 2.45) is 5.92 Å². The van der Waals surface area contributed by atoms with Gasteiger partial charge in [0.05, 0.1) is 6.54 Å². The molecule has 54 heavy (non-hydrogen) atoms. The third-order valence-corrected chi connectivity index (χ3v) is 9.97. The quantitative estimate of drug-likeness (QED) is 0.120. The van der Waals surface area contributed by atoms with Crippen LogP contribution in [0.1, 0.15) is 55.3 Å². The van der Waals surface area contributed by atoms with Gasteiger partial charge in [-0.3, -0.25) is 0 Å². The van der Waals surface area contributed by atoms with Crippen LogP contribution in [0.2, 0.25) is 0 Å². The van der Waals surface area contributed by atoms with Crippen molar-refractivity contribution in [1.82, 2.24) is 34.7 Å². The minimum atomic E-state index is -0.846. The molecule has 0 atom stereocenters. The number of rotatable bonds is 13. The number of hydrogen-bond donors (Lipinski definition) is 1. The number of aromatic nitrogens is 7. The highest BCUT2D eigenvalue weighted by atomic mass is 15.6. The first kappa shape index (κ1) is 34.7. The number of anilines is 1. The molecule has 0 aliphatic carbocycles. The van der Waals surface area contributed by atoms with Crippen molar-refractivity contribution < 1.29 is 0 Å². The Balaban J connectivity index is 1.20. The molecular formula is C46H44N8. The molecule has 8 nitrogen and oxygen atoms in total. The van der Waals surface area contributed by atoms with Crippen molar-refractivity contribution in [2.45, 2.75) is 45.7 Å². The van der Waals surface area contributed by atoms with Gasteiger partial charge in [0.15, 0.2) is 11.5 Å². The number of benzene rings is 5. The predicted molar refractivity (Wildman–Crippen MR) is 217 cm³/mol. The van der Waals surface area contributed by atoms with E-state index in [1.807, 2.05) is 28.9 Å². The zero-order valence-electron chi connectivity index (χ0n) is 31.0. The summed E-state index contributed by atoms with van der Waals surface area (Å²) in [6.07, 6.45) is 1.90. The summed E-state index contributed by atoms with van der Waals surface area (Å²) in [5.41, 5.74) is 8.42. The van der Waals surface area contributed by atoms with Crippen molar-refractivity contribution in [1.29, 1.82) is 0 Å². The molecule has 3 heterocycles. The van der Waals surface area contributed by atoms with Crippen LogP contribution in [0.25, 0.3) is 33.7 Å². The molecule has 3 aromatic heterocycles. The number of nitrogens with one attached hydrogen (secondary N) is 1. The molecule has 8 rings (SSSR count). The summed E-state index contributed by atoms with van der Waals surface area (Å²) in [6, 6.07) is 52.8. The molecule has 0 saturated heterocycles. The van der Waals surface area contributed by atoms with E-state index in [2.05, 4.69) is 163 Å². The number of nitrogens with zero attached hydrogens (tertiary/aromatic N) is 7. The van der Waals surface area contributed by atoms with E-state index in [4.69, 9.17) is 20.3 Å². The van der Waals surface area contributed by atoms with Crippen LogP contribution in [0.4, 0.5) is 5.82 Å². The standard InChI is InChI=1S/C46H44N8/c1-4-16-43-48-41-29-30-42(47-31-33(2)3)49-45(41)53(43)32-34-25-27-35(28-26-34)39-23-14-15-24-40(39)44-50-51-52-54(44)46(36-17-8-5-9-18-36,37-19-10-6-11-20-37)38-21-12-7-13-22-38/h5-15,17-30,33H,4,16,31-32H2,1-3H3,(H,47,49). The lowest BCUT2D eigenvalue weighted by Gasteiger charge is -2.36. The molecule has 0 aliphatic heterocycles. The SMILES string of the molecule is CCCc1nc2ccc(NCC(C)C)nc2n1Cc1ccc(-c2ccccc2-c2nnnn2C(c2ccccc2)(c2ccccc2)c2ccccc2)cc1. The highest BCUT2D eigenvalue weighted by Gasteiger charge is 2.42. The molecule has 8 heteroatoms.